The molecule has 1 heterocycles. The van der Waals surface area contributed by atoms with Gasteiger partial charge in [-0.1, -0.05) is 30.3 Å². The lowest BCUT2D eigenvalue weighted by Crippen LogP contribution is -2.12. The molecule has 0 saturated carbocycles. The summed E-state index contributed by atoms with van der Waals surface area (Å²) in [6.45, 7) is 5.18. The fourth-order valence-electron chi connectivity index (χ4n) is 2.67. The lowest BCUT2D eigenvalue weighted by molar-refractivity contribution is -0.111. The lowest BCUT2D eigenvalue weighted by Gasteiger charge is -2.14. The molecule has 10 heteroatoms. The van der Waals surface area contributed by atoms with Gasteiger partial charge in [0.25, 0.3) is 5.91 Å². The van der Waals surface area contributed by atoms with Crippen LogP contribution in [0.25, 0.3) is 0 Å². The highest BCUT2D eigenvalue weighted by atomic mass is 35.5. The van der Waals surface area contributed by atoms with E-state index in [1.807, 2.05) is 0 Å². The monoisotopic (exact) mass is 438 g/mol. The number of nitrogens with two attached hydrogens (primary N) is 1. The second-order valence-electron chi connectivity index (χ2n) is 6.43. The minimum Gasteiger partial charge on any atom is -0.507 e. The van der Waals surface area contributed by atoms with Crippen LogP contribution < -0.4 is 21.7 Å². The average Bonchev–Trinajstić information content (AvgIpc) is 2.73. The normalized spacial score (nSPS) is 10.3. The van der Waals surface area contributed by atoms with Gasteiger partial charge >= 0.3 is 0 Å². The summed E-state index contributed by atoms with van der Waals surface area (Å²) in [5.41, 5.74) is 7.46. The number of aromatic hydroxyl groups is 1. The van der Waals surface area contributed by atoms with Crippen LogP contribution in [0.3, 0.4) is 0 Å². The number of aryl methyl sites for hydroxylation is 1. The Hall–Kier alpha value is -4.11. The molecule has 3 aromatic rings. The molecule has 2 aromatic carbocycles. The number of hydrogen-bond donors (Lipinski definition) is 5. The van der Waals surface area contributed by atoms with Crippen molar-refractivity contribution in [2.24, 2.45) is 5.73 Å². The molecule has 0 fully saturated rings. The van der Waals surface area contributed by atoms with Gasteiger partial charge in [0.05, 0.1) is 23.1 Å². The third kappa shape index (κ3) is 5.09. The number of nitrogens with zero attached hydrogens (tertiary/aromatic N) is 2. The lowest BCUT2D eigenvalue weighted by atomic mass is 10.1. The molecule has 0 aliphatic carbocycles. The fourth-order valence-corrected chi connectivity index (χ4v) is 2.81. The number of hydrogen-bond acceptors (Lipinski definition) is 7. The van der Waals surface area contributed by atoms with E-state index in [1.165, 1.54) is 18.3 Å². The number of para-hydroxylation sites is 2. The van der Waals surface area contributed by atoms with Crippen molar-refractivity contribution in [1.82, 2.24) is 9.97 Å². The van der Waals surface area contributed by atoms with Gasteiger partial charge in [-0.25, -0.2) is 4.98 Å². The van der Waals surface area contributed by atoms with E-state index in [0.29, 0.717) is 22.6 Å². The number of benzene rings is 2. The highest BCUT2D eigenvalue weighted by Crippen LogP contribution is 2.31. The van der Waals surface area contributed by atoms with E-state index in [9.17, 15) is 14.7 Å². The van der Waals surface area contributed by atoms with Crippen LogP contribution in [0.5, 0.6) is 5.75 Å². The molecule has 0 radical (unpaired) electrons. The van der Waals surface area contributed by atoms with Crippen LogP contribution in [-0.2, 0) is 4.79 Å². The molecule has 0 atom stereocenters. The van der Waals surface area contributed by atoms with E-state index in [0.717, 1.165) is 6.08 Å². The number of aromatic nitrogens is 2. The van der Waals surface area contributed by atoms with Crippen LogP contribution in [0.1, 0.15) is 15.9 Å². The number of carbonyl (C=O) groups is 2. The first-order chi connectivity index (χ1) is 14.8. The highest BCUT2D eigenvalue weighted by Gasteiger charge is 2.14. The molecule has 9 nitrogen and oxygen atoms in total. The zero-order chi connectivity index (χ0) is 22.5. The first kappa shape index (κ1) is 21.6. The molecule has 158 valence electrons. The van der Waals surface area contributed by atoms with E-state index < -0.39 is 5.91 Å². The third-order valence-corrected chi connectivity index (χ3v) is 4.50. The van der Waals surface area contributed by atoms with Crippen molar-refractivity contribution in [1.29, 1.82) is 0 Å². The van der Waals surface area contributed by atoms with Crippen LogP contribution in [-0.4, -0.2) is 26.9 Å². The molecule has 0 aliphatic rings. The summed E-state index contributed by atoms with van der Waals surface area (Å²) >= 11 is 6.24. The van der Waals surface area contributed by atoms with Crippen molar-refractivity contribution in [3.05, 3.63) is 71.4 Å². The van der Waals surface area contributed by atoms with Gasteiger partial charge in [0.1, 0.15) is 10.8 Å². The number of phenols is 1. The third-order valence-electron chi connectivity index (χ3n) is 4.22. The molecule has 6 N–H and O–H groups in total. The number of rotatable bonds is 7. The summed E-state index contributed by atoms with van der Waals surface area (Å²) in [6.07, 6.45) is 2.56. The minimum absolute atomic E-state index is 0.0349. The van der Waals surface area contributed by atoms with Crippen molar-refractivity contribution in [2.45, 2.75) is 6.92 Å². The molecule has 0 saturated heterocycles. The van der Waals surface area contributed by atoms with E-state index >= 15 is 0 Å². The molecule has 0 aliphatic heterocycles. The van der Waals surface area contributed by atoms with Gasteiger partial charge < -0.3 is 26.8 Å². The van der Waals surface area contributed by atoms with Gasteiger partial charge in [-0.05, 0) is 42.8 Å². The van der Waals surface area contributed by atoms with Gasteiger partial charge in [-0.3, -0.25) is 9.59 Å². The fraction of sp³-hybridized carbons (Fsp3) is 0.0476. The largest absolute Gasteiger partial charge is 0.507 e. The minimum atomic E-state index is -0.766. The summed E-state index contributed by atoms with van der Waals surface area (Å²) in [7, 11) is 0. The Morgan fingerprint density at radius 3 is 2.55 bits per heavy atom. The van der Waals surface area contributed by atoms with Crippen LogP contribution >= 0.6 is 11.6 Å². The zero-order valence-electron chi connectivity index (χ0n) is 16.4. The van der Waals surface area contributed by atoms with Gasteiger partial charge in [0.2, 0.25) is 11.9 Å². The Kier molecular flexibility index (Phi) is 6.37. The second-order valence-corrected chi connectivity index (χ2v) is 6.83. The summed E-state index contributed by atoms with van der Waals surface area (Å²) < 4.78 is 0. The smallest absolute Gasteiger partial charge is 0.252 e. The number of amides is 2. The van der Waals surface area contributed by atoms with Crippen molar-refractivity contribution < 1.29 is 14.7 Å². The van der Waals surface area contributed by atoms with Crippen molar-refractivity contribution in [3.63, 3.8) is 0 Å². The number of halogens is 1. The Labute approximate surface area is 183 Å². The van der Waals surface area contributed by atoms with E-state index in [4.69, 9.17) is 17.3 Å². The molecule has 31 heavy (non-hydrogen) atoms. The number of nitrogens with one attached hydrogen (secondary N) is 3. The number of anilines is 5. The van der Waals surface area contributed by atoms with Crippen LogP contribution in [0.15, 0.2) is 55.3 Å². The first-order valence-corrected chi connectivity index (χ1v) is 9.38. The second kappa shape index (κ2) is 9.14. The maximum atomic E-state index is 11.7. The molecule has 3 rings (SSSR count). The standard InChI is InChI=1S/C21H19ClN6O3/c1-3-18(30)25-14-6-4-5-7-15(14)26-20-13(22)10-24-21(28-20)27-16-9-12(19(23)31)17(29)8-11(16)2/h3-10,29H,1H2,2H3,(H2,23,31)(H,25,30)(H2,24,26,27,28). The molecule has 0 bridgehead atoms. The Morgan fingerprint density at radius 2 is 1.87 bits per heavy atom. The topological polar surface area (TPSA) is 142 Å². The predicted molar refractivity (Wildman–Crippen MR) is 120 cm³/mol. The van der Waals surface area contributed by atoms with Crippen molar-refractivity contribution >= 4 is 52.2 Å². The van der Waals surface area contributed by atoms with E-state index in [-0.39, 0.29) is 34.0 Å². The average molecular weight is 439 g/mol. The first-order valence-electron chi connectivity index (χ1n) is 9.01. The summed E-state index contributed by atoms with van der Waals surface area (Å²) in [5, 5.41) is 18.9. The van der Waals surface area contributed by atoms with Gasteiger partial charge in [-0.15, -0.1) is 0 Å². The Morgan fingerprint density at radius 1 is 1.16 bits per heavy atom. The van der Waals surface area contributed by atoms with E-state index in [1.54, 1.807) is 31.2 Å². The molecule has 0 spiro atoms. The molecular weight excluding hydrogens is 420 g/mol. The molecule has 2 amide bonds. The quantitative estimate of drug-likeness (QED) is 0.278. The van der Waals surface area contributed by atoms with Gasteiger partial charge in [0, 0.05) is 5.69 Å². The summed E-state index contributed by atoms with van der Waals surface area (Å²) in [4.78, 5) is 31.7. The zero-order valence-corrected chi connectivity index (χ0v) is 17.2. The predicted octanol–water partition coefficient (Wildman–Crippen LogP) is 3.85. The van der Waals surface area contributed by atoms with Crippen molar-refractivity contribution in [2.75, 3.05) is 16.0 Å². The summed E-state index contributed by atoms with van der Waals surface area (Å²) in [5.74, 6) is -0.876. The maximum absolute atomic E-state index is 11.7. The van der Waals surface area contributed by atoms with Crippen LogP contribution in [0, 0.1) is 6.92 Å². The van der Waals surface area contributed by atoms with E-state index in [2.05, 4.69) is 32.5 Å². The maximum Gasteiger partial charge on any atom is 0.252 e. The molecule has 0 unspecified atom stereocenters. The van der Waals surface area contributed by atoms with Crippen molar-refractivity contribution in [3.8, 4) is 5.75 Å². The number of carbonyl (C=O) groups excluding carboxylic acids is 2. The van der Waals surface area contributed by atoms with Crippen LogP contribution in [0.4, 0.5) is 28.8 Å². The molecule has 1 aromatic heterocycles. The summed E-state index contributed by atoms with van der Waals surface area (Å²) in [6, 6.07) is 9.83. The van der Waals surface area contributed by atoms with Crippen LogP contribution in [0.2, 0.25) is 5.02 Å². The van der Waals surface area contributed by atoms with Gasteiger partial charge in [-0.2, -0.15) is 4.98 Å². The SMILES string of the molecule is C=CC(=O)Nc1ccccc1Nc1nc(Nc2cc(C(N)=O)c(O)cc2C)ncc1Cl. The number of primary amides is 1. The van der Waals surface area contributed by atoms with Gasteiger partial charge in [0.15, 0.2) is 5.82 Å². The Balaban J connectivity index is 1.91. The Bertz CT molecular complexity index is 1180. The molecular formula is C21H19ClN6O3. The highest BCUT2D eigenvalue weighted by molar-refractivity contribution is 6.33.